The molecule has 0 spiro atoms. The van der Waals surface area contributed by atoms with Crippen LogP contribution in [0.25, 0.3) is 5.69 Å². The summed E-state index contributed by atoms with van der Waals surface area (Å²) in [5.74, 6) is -1.04. The Morgan fingerprint density at radius 2 is 1.84 bits per heavy atom. The summed E-state index contributed by atoms with van der Waals surface area (Å²) in [5.41, 5.74) is 4.68. The van der Waals surface area contributed by atoms with Gasteiger partial charge in [-0.3, -0.25) is 4.99 Å². The smallest absolute Gasteiger partial charge is 0.337 e. The van der Waals surface area contributed by atoms with Crippen LogP contribution in [0, 0.1) is 13.8 Å². The first kappa shape index (κ1) is 17.0. The molecule has 0 aliphatic heterocycles. The van der Waals surface area contributed by atoms with E-state index in [0.717, 1.165) is 28.3 Å². The molecule has 0 fully saturated rings. The molecule has 25 heavy (non-hydrogen) atoms. The molecule has 0 saturated heterocycles. The van der Waals surface area contributed by atoms with Crippen molar-refractivity contribution in [2.75, 3.05) is 0 Å². The normalized spacial score (nSPS) is 11.2. The Morgan fingerprint density at radius 1 is 1.12 bits per heavy atom. The van der Waals surface area contributed by atoms with Gasteiger partial charge in [0.25, 0.3) is 0 Å². The number of halogens is 1. The highest BCUT2D eigenvalue weighted by atomic mass is 35.5. The van der Waals surface area contributed by atoms with Gasteiger partial charge in [0.1, 0.15) is 0 Å². The molecular formula is C20H17ClN2O2. The summed E-state index contributed by atoms with van der Waals surface area (Å²) in [6.45, 7) is 3.95. The number of aliphatic imine (C=N–C) groups is 1. The quantitative estimate of drug-likeness (QED) is 0.656. The monoisotopic (exact) mass is 352 g/mol. The Hall–Kier alpha value is -2.85. The van der Waals surface area contributed by atoms with Crippen molar-refractivity contribution in [3.8, 4) is 5.69 Å². The maximum Gasteiger partial charge on any atom is 0.337 e. The zero-order valence-electron chi connectivity index (χ0n) is 13.9. The van der Waals surface area contributed by atoms with Crippen molar-refractivity contribution in [2.24, 2.45) is 4.99 Å². The summed E-state index contributed by atoms with van der Waals surface area (Å²) in [7, 11) is 0. The van der Waals surface area contributed by atoms with Crippen molar-refractivity contribution in [2.45, 2.75) is 13.8 Å². The van der Waals surface area contributed by atoms with Gasteiger partial charge in [-0.15, -0.1) is 0 Å². The van der Waals surface area contributed by atoms with Gasteiger partial charge < -0.3 is 9.67 Å². The summed E-state index contributed by atoms with van der Waals surface area (Å²) in [6, 6.07) is 16.7. The Kier molecular flexibility index (Phi) is 4.72. The van der Waals surface area contributed by atoms with Crippen LogP contribution in [0.4, 0.5) is 5.69 Å². The number of nitrogens with zero attached hydrogens (tertiary/aromatic N) is 2. The van der Waals surface area contributed by atoms with Gasteiger partial charge in [-0.05, 0) is 50.2 Å². The Morgan fingerprint density at radius 3 is 2.52 bits per heavy atom. The van der Waals surface area contributed by atoms with E-state index in [1.165, 1.54) is 0 Å². The van der Waals surface area contributed by atoms with Crippen molar-refractivity contribution < 1.29 is 9.90 Å². The van der Waals surface area contributed by atoms with Gasteiger partial charge in [0, 0.05) is 28.9 Å². The Bertz CT molecular complexity index is 959. The first-order valence-corrected chi connectivity index (χ1v) is 8.16. The predicted octanol–water partition coefficient (Wildman–Crippen LogP) is 5.20. The van der Waals surface area contributed by atoms with E-state index in [1.54, 1.807) is 12.1 Å². The molecule has 1 N–H and O–H groups in total. The molecule has 0 amide bonds. The number of benzene rings is 2. The zero-order chi connectivity index (χ0) is 18.0. The lowest BCUT2D eigenvalue weighted by Gasteiger charge is -2.11. The fourth-order valence-corrected chi connectivity index (χ4v) is 2.99. The van der Waals surface area contributed by atoms with E-state index in [-0.39, 0.29) is 10.6 Å². The van der Waals surface area contributed by atoms with Gasteiger partial charge >= 0.3 is 5.97 Å². The van der Waals surface area contributed by atoms with E-state index in [2.05, 4.69) is 4.99 Å². The molecule has 4 nitrogen and oxygen atoms in total. The lowest BCUT2D eigenvalue weighted by molar-refractivity contribution is 0.0697. The molecule has 2 aromatic carbocycles. The first-order valence-electron chi connectivity index (χ1n) is 7.78. The minimum absolute atomic E-state index is 0.0890. The first-order chi connectivity index (χ1) is 12.0. The van der Waals surface area contributed by atoms with Gasteiger partial charge in [0.2, 0.25) is 0 Å². The van der Waals surface area contributed by atoms with Crippen molar-refractivity contribution >= 4 is 29.5 Å². The van der Waals surface area contributed by atoms with E-state index in [0.29, 0.717) is 0 Å². The number of aromatic nitrogens is 1. The molecule has 1 aromatic heterocycles. The Labute approximate surface area is 151 Å². The van der Waals surface area contributed by atoms with Gasteiger partial charge in [-0.1, -0.05) is 29.8 Å². The highest BCUT2D eigenvalue weighted by Gasteiger charge is 2.14. The van der Waals surface area contributed by atoms with Gasteiger partial charge in [-0.2, -0.15) is 0 Å². The third kappa shape index (κ3) is 3.49. The van der Waals surface area contributed by atoms with Crippen LogP contribution < -0.4 is 0 Å². The van der Waals surface area contributed by atoms with E-state index in [1.807, 2.05) is 67.1 Å². The molecule has 1 heterocycles. The molecule has 0 radical (unpaired) electrons. The van der Waals surface area contributed by atoms with Gasteiger partial charge in [-0.25, -0.2) is 4.79 Å². The zero-order valence-corrected chi connectivity index (χ0v) is 14.7. The molecule has 5 heteroatoms. The molecular weight excluding hydrogens is 336 g/mol. The molecule has 0 bridgehead atoms. The summed E-state index contributed by atoms with van der Waals surface area (Å²) >= 11 is 5.97. The maximum absolute atomic E-state index is 11.3. The molecule has 0 saturated carbocycles. The molecule has 3 rings (SSSR count). The maximum atomic E-state index is 11.3. The number of hydrogen-bond acceptors (Lipinski definition) is 2. The lowest BCUT2D eigenvalue weighted by atomic mass is 10.2. The predicted molar refractivity (Wildman–Crippen MR) is 101 cm³/mol. The van der Waals surface area contributed by atoms with Crippen LogP contribution in [0.3, 0.4) is 0 Å². The molecule has 126 valence electrons. The molecule has 0 aliphatic rings. The topological polar surface area (TPSA) is 54.6 Å². The Balaban J connectivity index is 2.02. The number of carboxylic acid groups (broad SMARTS) is 1. The number of rotatable bonds is 4. The van der Waals surface area contributed by atoms with Crippen LogP contribution in [0.2, 0.25) is 5.02 Å². The van der Waals surface area contributed by atoms with Crippen LogP contribution in [-0.2, 0) is 0 Å². The lowest BCUT2D eigenvalue weighted by Crippen LogP contribution is -2.03. The SMILES string of the molecule is Cc1cc(C=Nc2ccccc2)c(C)n1-c1ccc(Cl)c(C(=O)O)c1. The van der Waals surface area contributed by atoms with Crippen molar-refractivity contribution in [3.05, 3.63) is 82.1 Å². The standard InChI is InChI=1S/C20H17ClN2O2/c1-13-10-15(12-22-16-6-4-3-5-7-16)14(2)23(13)17-8-9-19(21)18(11-17)20(24)25/h3-12H,1-2H3,(H,24,25). The van der Waals surface area contributed by atoms with Gasteiger partial charge in [0.15, 0.2) is 0 Å². The largest absolute Gasteiger partial charge is 0.478 e. The minimum Gasteiger partial charge on any atom is -0.478 e. The number of aromatic carboxylic acids is 1. The third-order valence-electron chi connectivity index (χ3n) is 4.02. The van der Waals surface area contributed by atoms with E-state index < -0.39 is 5.97 Å². The highest BCUT2D eigenvalue weighted by Crippen LogP contribution is 2.25. The fraction of sp³-hybridized carbons (Fsp3) is 0.100. The van der Waals surface area contributed by atoms with Crippen LogP contribution >= 0.6 is 11.6 Å². The molecule has 0 unspecified atom stereocenters. The molecule has 3 aromatic rings. The second-order valence-electron chi connectivity index (χ2n) is 5.72. The van der Waals surface area contributed by atoms with E-state index in [4.69, 9.17) is 11.6 Å². The highest BCUT2D eigenvalue weighted by molar-refractivity contribution is 6.33. The second-order valence-corrected chi connectivity index (χ2v) is 6.13. The van der Waals surface area contributed by atoms with Crippen molar-refractivity contribution in [1.29, 1.82) is 0 Å². The molecule has 0 atom stereocenters. The summed E-state index contributed by atoms with van der Waals surface area (Å²) in [4.78, 5) is 15.8. The molecule has 0 aliphatic carbocycles. The third-order valence-corrected chi connectivity index (χ3v) is 4.35. The summed E-state index contributed by atoms with van der Waals surface area (Å²) in [6.07, 6.45) is 1.82. The van der Waals surface area contributed by atoms with Crippen molar-refractivity contribution in [1.82, 2.24) is 4.57 Å². The van der Waals surface area contributed by atoms with Crippen LogP contribution in [0.1, 0.15) is 27.3 Å². The summed E-state index contributed by atoms with van der Waals surface area (Å²) in [5, 5.41) is 9.50. The van der Waals surface area contributed by atoms with Crippen LogP contribution in [-0.4, -0.2) is 21.9 Å². The summed E-state index contributed by atoms with van der Waals surface area (Å²) < 4.78 is 2.00. The minimum atomic E-state index is -1.04. The number of carbonyl (C=O) groups is 1. The number of hydrogen-bond donors (Lipinski definition) is 1. The average molecular weight is 353 g/mol. The average Bonchev–Trinajstić information content (AvgIpc) is 2.88. The van der Waals surface area contributed by atoms with E-state index >= 15 is 0 Å². The van der Waals surface area contributed by atoms with Gasteiger partial charge in [0.05, 0.1) is 16.3 Å². The number of aryl methyl sites for hydroxylation is 1. The van der Waals surface area contributed by atoms with E-state index in [9.17, 15) is 9.90 Å². The number of carboxylic acids is 1. The number of para-hydroxylation sites is 1. The van der Waals surface area contributed by atoms with Crippen LogP contribution in [0.5, 0.6) is 0 Å². The van der Waals surface area contributed by atoms with Crippen LogP contribution in [0.15, 0.2) is 59.6 Å². The van der Waals surface area contributed by atoms with Crippen molar-refractivity contribution in [3.63, 3.8) is 0 Å². The fourth-order valence-electron chi connectivity index (χ4n) is 2.79. The second kappa shape index (κ2) is 6.95.